The van der Waals surface area contributed by atoms with Crippen LogP contribution in [0.15, 0.2) is 0 Å². The van der Waals surface area contributed by atoms with E-state index in [0.29, 0.717) is 12.2 Å². The molecule has 0 spiro atoms. The molecule has 0 bridgehead atoms. The Morgan fingerprint density at radius 3 is 2.28 bits per heavy atom. The molecule has 0 aliphatic carbocycles. The van der Waals surface area contributed by atoms with Crippen molar-refractivity contribution in [2.24, 2.45) is 0 Å². The summed E-state index contributed by atoms with van der Waals surface area (Å²) in [4.78, 5) is 2.40. The molecule has 2 aliphatic rings. The minimum atomic E-state index is 0.199. The summed E-state index contributed by atoms with van der Waals surface area (Å²) in [5.74, 6) is 0. The zero-order valence-electron chi connectivity index (χ0n) is 11.7. The van der Waals surface area contributed by atoms with Crippen molar-refractivity contribution in [3.05, 3.63) is 0 Å². The summed E-state index contributed by atoms with van der Waals surface area (Å²) in [6.07, 6.45) is 3.49. The van der Waals surface area contributed by atoms with Crippen LogP contribution in [-0.2, 0) is 14.2 Å². The van der Waals surface area contributed by atoms with Crippen molar-refractivity contribution in [1.29, 1.82) is 0 Å². The van der Waals surface area contributed by atoms with E-state index in [1.807, 2.05) is 7.05 Å². The zero-order chi connectivity index (χ0) is 13.0. The molecule has 1 N–H and O–H groups in total. The van der Waals surface area contributed by atoms with Crippen LogP contribution in [0.25, 0.3) is 0 Å². The normalized spacial score (nSPS) is 37.5. The number of nitrogens with one attached hydrogen (secondary N) is 1. The summed E-state index contributed by atoms with van der Waals surface area (Å²) in [5, 5.41) is 3.18. The maximum Gasteiger partial charge on any atom is 0.0971 e. The lowest BCUT2D eigenvalue weighted by molar-refractivity contribution is -0.00461. The maximum atomic E-state index is 6.02. The Morgan fingerprint density at radius 1 is 1.11 bits per heavy atom. The summed E-state index contributed by atoms with van der Waals surface area (Å²) in [6, 6.07) is 0. The standard InChI is InChI=1S/C13H26N2O3/c1-14-6-10-4-5-11(18-10)7-15-8-12(16-2)13(9-15)17-3/h10-14H,4-9H2,1-3H3. The number of hydrogen-bond acceptors (Lipinski definition) is 5. The Labute approximate surface area is 110 Å². The number of hydrogen-bond donors (Lipinski definition) is 1. The molecular weight excluding hydrogens is 232 g/mol. The van der Waals surface area contributed by atoms with Crippen LogP contribution in [-0.4, -0.2) is 76.8 Å². The number of nitrogens with zero attached hydrogens (tertiary/aromatic N) is 1. The first-order valence-corrected chi connectivity index (χ1v) is 6.84. The first kappa shape index (κ1) is 14.2. The monoisotopic (exact) mass is 258 g/mol. The second-order valence-corrected chi connectivity index (χ2v) is 5.28. The minimum Gasteiger partial charge on any atom is -0.377 e. The molecule has 2 rings (SSSR count). The van der Waals surface area contributed by atoms with Gasteiger partial charge in [-0.3, -0.25) is 4.90 Å². The van der Waals surface area contributed by atoms with E-state index in [4.69, 9.17) is 14.2 Å². The molecule has 2 saturated heterocycles. The van der Waals surface area contributed by atoms with Crippen molar-refractivity contribution in [1.82, 2.24) is 10.2 Å². The molecule has 4 atom stereocenters. The van der Waals surface area contributed by atoms with Gasteiger partial charge in [0.2, 0.25) is 0 Å². The predicted molar refractivity (Wildman–Crippen MR) is 69.9 cm³/mol. The van der Waals surface area contributed by atoms with Crippen LogP contribution in [0.1, 0.15) is 12.8 Å². The molecule has 0 aromatic rings. The molecule has 0 aromatic carbocycles. The quantitative estimate of drug-likeness (QED) is 0.732. The van der Waals surface area contributed by atoms with E-state index >= 15 is 0 Å². The van der Waals surface area contributed by atoms with Gasteiger partial charge in [0.25, 0.3) is 0 Å². The average molecular weight is 258 g/mol. The van der Waals surface area contributed by atoms with Crippen molar-refractivity contribution in [3.63, 3.8) is 0 Å². The predicted octanol–water partition coefficient (Wildman–Crippen LogP) is 0.0990. The molecular formula is C13H26N2O3. The average Bonchev–Trinajstić information content (AvgIpc) is 2.97. The third-order valence-electron chi connectivity index (χ3n) is 3.99. The van der Waals surface area contributed by atoms with Crippen LogP contribution < -0.4 is 5.32 Å². The summed E-state index contributed by atoms with van der Waals surface area (Å²) >= 11 is 0. The Balaban J connectivity index is 1.74. The fourth-order valence-electron chi connectivity index (χ4n) is 3.00. The van der Waals surface area contributed by atoms with E-state index < -0.39 is 0 Å². The number of methoxy groups -OCH3 is 2. The van der Waals surface area contributed by atoms with Crippen LogP contribution in [0, 0.1) is 0 Å². The Bertz CT molecular complexity index is 240. The second kappa shape index (κ2) is 6.82. The Morgan fingerprint density at radius 2 is 1.72 bits per heavy atom. The van der Waals surface area contributed by atoms with Crippen LogP contribution in [0.5, 0.6) is 0 Å². The smallest absolute Gasteiger partial charge is 0.0971 e. The van der Waals surface area contributed by atoms with Gasteiger partial charge in [-0.1, -0.05) is 0 Å². The zero-order valence-corrected chi connectivity index (χ0v) is 11.7. The molecule has 4 unspecified atom stereocenters. The SMILES string of the molecule is CNCC1CCC(CN2CC(OC)C(OC)C2)O1. The fraction of sp³-hybridized carbons (Fsp3) is 1.00. The van der Waals surface area contributed by atoms with E-state index in [1.54, 1.807) is 14.2 Å². The second-order valence-electron chi connectivity index (χ2n) is 5.28. The van der Waals surface area contributed by atoms with Gasteiger partial charge >= 0.3 is 0 Å². The largest absolute Gasteiger partial charge is 0.377 e. The summed E-state index contributed by atoms with van der Waals surface area (Å²) in [5.41, 5.74) is 0. The molecule has 106 valence electrons. The molecule has 5 heteroatoms. The van der Waals surface area contributed by atoms with E-state index in [-0.39, 0.29) is 12.2 Å². The van der Waals surface area contributed by atoms with Crippen LogP contribution >= 0.6 is 0 Å². The van der Waals surface area contributed by atoms with Crippen LogP contribution in [0.3, 0.4) is 0 Å². The highest BCUT2D eigenvalue weighted by Crippen LogP contribution is 2.23. The first-order chi connectivity index (χ1) is 8.76. The highest BCUT2D eigenvalue weighted by Gasteiger charge is 2.35. The molecule has 18 heavy (non-hydrogen) atoms. The maximum absolute atomic E-state index is 6.02. The third kappa shape index (κ3) is 3.42. The van der Waals surface area contributed by atoms with Crippen molar-refractivity contribution in [2.45, 2.75) is 37.3 Å². The van der Waals surface area contributed by atoms with E-state index in [9.17, 15) is 0 Å². The molecule has 0 amide bonds. The molecule has 2 aliphatic heterocycles. The van der Waals surface area contributed by atoms with E-state index in [0.717, 1.165) is 32.6 Å². The Hall–Kier alpha value is -0.200. The van der Waals surface area contributed by atoms with Gasteiger partial charge in [-0.05, 0) is 19.9 Å². The molecule has 2 fully saturated rings. The molecule has 0 saturated carbocycles. The van der Waals surface area contributed by atoms with Crippen LogP contribution in [0.2, 0.25) is 0 Å². The molecule has 0 radical (unpaired) electrons. The van der Waals surface area contributed by atoms with Crippen molar-refractivity contribution in [2.75, 3.05) is 47.4 Å². The van der Waals surface area contributed by atoms with Gasteiger partial charge in [0, 0.05) is 40.4 Å². The van der Waals surface area contributed by atoms with Gasteiger partial charge in [-0.25, -0.2) is 0 Å². The third-order valence-corrected chi connectivity index (χ3v) is 3.99. The van der Waals surface area contributed by atoms with Gasteiger partial charge in [0.15, 0.2) is 0 Å². The van der Waals surface area contributed by atoms with Gasteiger partial charge in [0.1, 0.15) is 0 Å². The van der Waals surface area contributed by atoms with E-state index in [1.165, 1.54) is 6.42 Å². The number of ether oxygens (including phenoxy) is 3. The van der Waals surface area contributed by atoms with Gasteiger partial charge in [-0.2, -0.15) is 0 Å². The van der Waals surface area contributed by atoms with Crippen LogP contribution in [0.4, 0.5) is 0 Å². The van der Waals surface area contributed by atoms with Crippen molar-refractivity contribution >= 4 is 0 Å². The van der Waals surface area contributed by atoms with E-state index in [2.05, 4.69) is 10.2 Å². The number of rotatable bonds is 6. The summed E-state index contributed by atoms with van der Waals surface area (Å²) in [7, 11) is 5.49. The first-order valence-electron chi connectivity index (χ1n) is 6.84. The number of likely N-dealkylation sites (tertiary alicyclic amines) is 1. The highest BCUT2D eigenvalue weighted by molar-refractivity contribution is 4.88. The topological polar surface area (TPSA) is 43.0 Å². The molecule has 0 aromatic heterocycles. The van der Waals surface area contributed by atoms with Gasteiger partial charge < -0.3 is 19.5 Å². The highest BCUT2D eigenvalue weighted by atomic mass is 16.5. The van der Waals surface area contributed by atoms with Gasteiger partial charge in [-0.15, -0.1) is 0 Å². The van der Waals surface area contributed by atoms with Crippen molar-refractivity contribution < 1.29 is 14.2 Å². The fourth-order valence-corrected chi connectivity index (χ4v) is 3.00. The summed E-state index contributed by atoms with van der Waals surface area (Å²) < 4.78 is 16.9. The molecule has 5 nitrogen and oxygen atoms in total. The minimum absolute atomic E-state index is 0.199. The van der Waals surface area contributed by atoms with Crippen molar-refractivity contribution in [3.8, 4) is 0 Å². The lowest BCUT2D eigenvalue weighted by Gasteiger charge is -2.20. The van der Waals surface area contributed by atoms with Gasteiger partial charge in [0.05, 0.1) is 24.4 Å². The number of likely N-dealkylation sites (N-methyl/N-ethyl adjacent to an activating group) is 1. The summed E-state index contributed by atoms with van der Waals surface area (Å²) in [6.45, 7) is 3.86. The lowest BCUT2D eigenvalue weighted by Crippen LogP contribution is -2.33. The lowest BCUT2D eigenvalue weighted by atomic mass is 10.2. The molecule has 2 heterocycles. The Kier molecular flexibility index (Phi) is 5.38.